The number of rotatable bonds is 5. The summed E-state index contributed by atoms with van der Waals surface area (Å²) in [5.74, 6) is -0.680. The number of aliphatic imine (C=N–C) groups is 1. The van der Waals surface area contributed by atoms with Crippen molar-refractivity contribution in [1.29, 1.82) is 0 Å². The van der Waals surface area contributed by atoms with E-state index in [1.807, 2.05) is 0 Å². The first-order valence-corrected chi connectivity index (χ1v) is 10.3. The van der Waals surface area contributed by atoms with E-state index in [-0.39, 0.29) is 34.5 Å². The summed E-state index contributed by atoms with van der Waals surface area (Å²) in [6.45, 7) is 1.81. The Morgan fingerprint density at radius 2 is 1.97 bits per heavy atom. The minimum Gasteiger partial charge on any atom is -0.506 e. The molecule has 0 saturated carbocycles. The van der Waals surface area contributed by atoms with Crippen molar-refractivity contribution in [3.8, 4) is 11.5 Å². The summed E-state index contributed by atoms with van der Waals surface area (Å²) in [7, 11) is 1.44. The van der Waals surface area contributed by atoms with Gasteiger partial charge in [0.05, 0.1) is 29.3 Å². The van der Waals surface area contributed by atoms with Gasteiger partial charge in [-0.3, -0.25) is 0 Å². The van der Waals surface area contributed by atoms with Crippen molar-refractivity contribution in [3.05, 3.63) is 68.2 Å². The predicted octanol–water partition coefficient (Wildman–Crippen LogP) is 5.90. The average Bonchev–Trinajstić information content (AvgIpc) is 3.00. The minimum absolute atomic E-state index is 0.00895. The molecular weight excluding hydrogens is 449 g/mol. The highest BCUT2D eigenvalue weighted by atomic mass is 35.5. The third-order valence-corrected chi connectivity index (χ3v) is 5.56. The van der Waals surface area contributed by atoms with Gasteiger partial charge in [-0.15, -0.1) is 0 Å². The fourth-order valence-electron chi connectivity index (χ4n) is 2.61. The van der Waals surface area contributed by atoms with Gasteiger partial charge < -0.3 is 19.7 Å². The lowest BCUT2D eigenvalue weighted by molar-refractivity contribution is -0.138. The summed E-state index contributed by atoms with van der Waals surface area (Å²) in [5.41, 5.74) is 0.989. The molecule has 0 saturated heterocycles. The van der Waals surface area contributed by atoms with Crippen LogP contribution in [0.1, 0.15) is 12.5 Å². The number of methoxy groups -OCH3 is 1. The number of ether oxygens (including phenoxy) is 2. The summed E-state index contributed by atoms with van der Waals surface area (Å²) >= 11 is 13.2. The van der Waals surface area contributed by atoms with E-state index in [0.29, 0.717) is 26.2 Å². The van der Waals surface area contributed by atoms with Crippen molar-refractivity contribution in [1.82, 2.24) is 0 Å². The van der Waals surface area contributed by atoms with Gasteiger partial charge in [-0.05, 0) is 48.9 Å². The Morgan fingerprint density at radius 1 is 1.20 bits per heavy atom. The Morgan fingerprint density at radius 3 is 2.63 bits per heavy atom. The van der Waals surface area contributed by atoms with Crippen LogP contribution in [0, 0.1) is 0 Å². The molecule has 1 aliphatic rings. The van der Waals surface area contributed by atoms with Crippen LogP contribution < -0.4 is 4.74 Å². The number of phenolic OH excluding ortho intramolecular Hbond substituents is 1. The van der Waals surface area contributed by atoms with E-state index >= 15 is 0 Å². The van der Waals surface area contributed by atoms with E-state index in [4.69, 9.17) is 32.7 Å². The highest BCUT2D eigenvalue weighted by Crippen LogP contribution is 2.42. The molecule has 0 unspecified atom stereocenters. The quantitative estimate of drug-likeness (QED) is 0.534. The molecule has 0 amide bonds. The Hall–Kier alpha value is -2.61. The monoisotopic (exact) mass is 465 g/mol. The van der Waals surface area contributed by atoms with Gasteiger partial charge in [0, 0.05) is 5.02 Å². The molecule has 1 heterocycles. The number of hydrogen-bond acceptors (Lipinski definition) is 7. The van der Waals surface area contributed by atoms with E-state index in [2.05, 4.69) is 4.99 Å². The summed E-state index contributed by atoms with van der Waals surface area (Å²) in [6, 6.07) is 9.50. The molecule has 3 rings (SSSR count). The number of benzene rings is 2. The molecule has 156 valence electrons. The Bertz CT molecular complexity index is 1090. The van der Waals surface area contributed by atoms with Crippen molar-refractivity contribution in [3.63, 3.8) is 0 Å². The van der Waals surface area contributed by atoms with Crippen LogP contribution >= 0.6 is 35.0 Å². The highest BCUT2D eigenvalue weighted by Gasteiger charge is 2.33. The largest absolute Gasteiger partial charge is 0.506 e. The fourth-order valence-corrected chi connectivity index (χ4v) is 4.09. The number of aliphatic hydroxyl groups is 1. The normalized spacial score (nSPS) is 16.4. The Balaban J connectivity index is 2.07. The van der Waals surface area contributed by atoms with E-state index in [9.17, 15) is 15.0 Å². The molecule has 6 nitrogen and oxygen atoms in total. The van der Waals surface area contributed by atoms with Crippen molar-refractivity contribution in [2.24, 2.45) is 4.99 Å². The number of nitrogens with zero attached hydrogens (tertiary/aromatic N) is 1. The topological polar surface area (TPSA) is 88.4 Å². The van der Waals surface area contributed by atoms with Gasteiger partial charge in [0.15, 0.2) is 11.5 Å². The second kappa shape index (κ2) is 9.47. The van der Waals surface area contributed by atoms with Gasteiger partial charge in [-0.1, -0.05) is 41.0 Å². The maximum atomic E-state index is 12.5. The van der Waals surface area contributed by atoms with Gasteiger partial charge in [-0.2, -0.15) is 0 Å². The fraction of sp³-hybridized carbons (Fsp3) is 0.143. The lowest BCUT2D eigenvalue weighted by Crippen LogP contribution is -2.12. The minimum atomic E-state index is -0.696. The van der Waals surface area contributed by atoms with E-state index in [0.717, 1.165) is 11.8 Å². The first kappa shape index (κ1) is 22.1. The van der Waals surface area contributed by atoms with Gasteiger partial charge in [0.1, 0.15) is 16.4 Å². The number of carbonyl (C=O) groups excluding carboxylic acids is 1. The SMILES string of the molecule is CCOC(=O)C1=C(O)C(=Cc2ccc(O)c(OC)c2)SC1=Nc1ccc(Cl)cc1Cl. The lowest BCUT2D eigenvalue weighted by Gasteiger charge is -2.05. The van der Waals surface area contributed by atoms with Gasteiger partial charge in [0.2, 0.25) is 0 Å². The molecule has 2 N–H and O–H groups in total. The van der Waals surface area contributed by atoms with Crippen LogP contribution in [-0.2, 0) is 9.53 Å². The van der Waals surface area contributed by atoms with Crippen molar-refractivity contribution >= 4 is 57.7 Å². The lowest BCUT2D eigenvalue weighted by atomic mass is 10.1. The molecule has 0 aliphatic carbocycles. The number of carbonyl (C=O) groups is 1. The number of hydrogen-bond donors (Lipinski definition) is 2. The van der Waals surface area contributed by atoms with Gasteiger partial charge in [0.25, 0.3) is 0 Å². The zero-order valence-electron chi connectivity index (χ0n) is 16.0. The van der Waals surface area contributed by atoms with Gasteiger partial charge in [-0.25, -0.2) is 9.79 Å². The van der Waals surface area contributed by atoms with Crippen LogP contribution in [0.15, 0.2) is 57.6 Å². The highest BCUT2D eigenvalue weighted by molar-refractivity contribution is 8.18. The van der Waals surface area contributed by atoms with E-state index in [1.54, 1.807) is 37.3 Å². The third kappa shape index (κ3) is 4.75. The van der Waals surface area contributed by atoms with Crippen LogP contribution in [0.25, 0.3) is 6.08 Å². The van der Waals surface area contributed by atoms with Gasteiger partial charge >= 0.3 is 5.97 Å². The first-order valence-electron chi connectivity index (χ1n) is 8.75. The Labute approximate surface area is 187 Å². The van der Waals surface area contributed by atoms with Crippen LogP contribution in [0.4, 0.5) is 5.69 Å². The summed E-state index contributed by atoms with van der Waals surface area (Å²) in [4.78, 5) is 17.3. The zero-order chi connectivity index (χ0) is 21.8. The number of thioether (sulfide) groups is 1. The van der Waals surface area contributed by atoms with E-state index in [1.165, 1.54) is 19.2 Å². The third-order valence-electron chi connectivity index (χ3n) is 4.00. The molecule has 0 atom stereocenters. The standard InChI is InChI=1S/C21H17Cl2NO5S/c1-3-29-21(27)18-19(26)17(9-11-4-7-15(25)16(8-11)28-2)30-20(18)24-14-6-5-12(22)10-13(14)23/h4-10,25-26H,3H2,1-2H3. The second-order valence-electron chi connectivity index (χ2n) is 6.00. The summed E-state index contributed by atoms with van der Waals surface area (Å²) < 4.78 is 10.2. The second-order valence-corrected chi connectivity index (χ2v) is 7.87. The zero-order valence-corrected chi connectivity index (χ0v) is 18.3. The molecule has 0 radical (unpaired) electrons. The summed E-state index contributed by atoms with van der Waals surface area (Å²) in [6.07, 6.45) is 1.65. The number of halogens is 2. The van der Waals surface area contributed by atoms with E-state index < -0.39 is 5.97 Å². The smallest absolute Gasteiger partial charge is 0.344 e. The molecule has 2 aromatic rings. The molecule has 0 fully saturated rings. The summed E-state index contributed by atoms with van der Waals surface area (Å²) in [5, 5.41) is 21.5. The maximum absolute atomic E-state index is 12.5. The number of phenols is 1. The first-order chi connectivity index (χ1) is 14.3. The molecule has 2 aromatic carbocycles. The van der Waals surface area contributed by atoms with Crippen molar-refractivity contribution in [2.75, 3.05) is 13.7 Å². The molecule has 1 aliphatic heterocycles. The molecular formula is C21H17Cl2NO5S. The van der Waals surface area contributed by atoms with Crippen LogP contribution in [-0.4, -0.2) is 34.9 Å². The Kier molecular flexibility index (Phi) is 6.97. The van der Waals surface area contributed by atoms with Crippen molar-refractivity contribution in [2.45, 2.75) is 6.92 Å². The predicted molar refractivity (Wildman–Crippen MR) is 120 cm³/mol. The van der Waals surface area contributed by atoms with Crippen LogP contribution in [0.5, 0.6) is 11.5 Å². The molecule has 0 aromatic heterocycles. The van der Waals surface area contributed by atoms with Crippen LogP contribution in [0.3, 0.4) is 0 Å². The van der Waals surface area contributed by atoms with Crippen LogP contribution in [0.2, 0.25) is 10.0 Å². The molecule has 0 spiro atoms. The van der Waals surface area contributed by atoms with Crippen molar-refractivity contribution < 1.29 is 24.5 Å². The number of aliphatic hydroxyl groups excluding tert-OH is 1. The molecule has 30 heavy (non-hydrogen) atoms. The molecule has 9 heteroatoms. The number of esters is 1. The molecule has 0 bridgehead atoms. The average molecular weight is 466 g/mol. The number of aromatic hydroxyl groups is 1. The maximum Gasteiger partial charge on any atom is 0.344 e.